The quantitative estimate of drug-likeness (QED) is 0.648. The van der Waals surface area contributed by atoms with Crippen molar-refractivity contribution in [1.82, 2.24) is 9.80 Å². The first-order chi connectivity index (χ1) is 15.2. The van der Waals surface area contributed by atoms with Gasteiger partial charge in [-0.3, -0.25) is 14.5 Å². The molecule has 31 heavy (non-hydrogen) atoms. The van der Waals surface area contributed by atoms with Crippen molar-refractivity contribution in [3.8, 4) is 5.75 Å². The van der Waals surface area contributed by atoms with Crippen molar-refractivity contribution in [2.24, 2.45) is 0 Å². The molecule has 0 aliphatic carbocycles. The molecule has 0 radical (unpaired) electrons. The molecule has 162 valence electrons. The molecule has 0 bridgehead atoms. The summed E-state index contributed by atoms with van der Waals surface area (Å²) >= 11 is 0. The number of amides is 2. The van der Waals surface area contributed by atoms with Crippen LogP contribution in [0.25, 0.3) is 0 Å². The second kappa shape index (κ2) is 9.79. The Labute approximate surface area is 183 Å². The summed E-state index contributed by atoms with van der Waals surface area (Å²) in [6.07, 6.45) is 2.89. The van der Waals surface area contributed by atoms with E-state index in [1.54, 1.807) is 11.0 Å². The number of para-hydroxylation sites is 1. The first-order valence-corrected chi connectivity index (χ1v) is 10.9. The summed E-state index contributed by atoms with van der Waals surface area (Å²) in [5.74, 6) is 1.06. The number of carbonyl (C=O) groups is 2. The molecule has 0 spiro atoms. The van der Waals surface area contributed by atoms with Crippen LogP contribution in [0.15, 0.2) is 61.2 Å². The lowest BCUT2D eigenvalue weighted by Crippen LogP contribution is -2.49. The number of aryl methyl sites for hydroxylation is 1. The van der Waals surface area contributed by atoms with Crippen LogP contribution in [0.1, 0.15) is 22.3 Å². The number of rotatable bonds is 7. The minimum Gasteiger partial charge on any atom is -0.492 e. The van der Waals surface area contributed by atoms with E-state index in [0.29, 0.717) is 44.6 Å². The van der Waals surface area contributed by atoms with Crippen LogP contribution in [-0.2, 0) is 11.2 Å². The molecule has 0 N–H and O–H groups in total. The lowest BCUT2D eigenvalue weighted by atomic mass is 9.98. The maximum atomic E-state index is 13.0. The Morgan fingerprint density at radius 2 is 1.81 bits per heavy atom. The molecular weight excluding hydrogens is 390 g/mol. The number of ether oxygens (including phenoxy) is 1. The van der Waals surface area contributed by atoms with Crippen molar-refractivity contribution >= 4 is 17.5 Å². The van der Waals surface area contributed by atoms with E-state index in [1.807, 2.05) is 53.4 Å². The molecule has 2 heterocycles. The minimum absolute atomic E-state index is 0.0650. The molecule has 2 aliphatic heterocycles. The molecule has 2 amide bonds. The summed E-state index contributed by atoms with van der Waals surface area (Å²) in [7, 11) is 0. The molecule has 2 aromatic rings. The van der Waals surface area contributed by atoms with Crippen LogP contribution in [0.3, 0.4) is 0 Å². The molecule has 4 rings (SSSR count). The SMILES string of the molecule is C=CCN1C(=O)CCc2cc(C(=O)N3CCN(CCOc4ccccc4)CC3)ccc21. The number of piperazine rings is 1. The Bertz CT molecular complexity index is 936. The Kier molecular flexibility index (Phi) is 6.67. The average molecular weight is 420 g/mol. The molecule has 1 fully saturated rings. The normalized spacial score (nSPS) is 16.7. The van der Waals surface area contributed by atoms with Gasteiger partial charge in [-0.1, -0.05) is 24.3 Å². The third kappa shape index (κ3) is 4.97. The van der Waals surface area contributed by atoms with Crippen molar-refractivity contribution in [3.63, 3.8) is 0 Å². The van der Waals surface area contributed by atoms with Gasteiger partial charge in [-0.25, -0.2) is 0 Å². The smallest absolute Gasteiger partial charge is 0.253 e. The Morgan fingerprint density at radius 3 is 2.55 bits per heavy atom. The molecule has 0 unspecified atom stereocenters. The van der Waals surface area contributed by atoms with Crippen LogP contribution in [0.5, 0.6) is 5.75 Å². The number of nitrogens with zero attached hydrogens (tertiary/aromatic N) is 3. The third-order valence-corrected chi connectivity index (χ3v) is 5.92. The van der Waals surface area contributed by atoms with Gasteiger partial charge in [0.05, 0.1) is 0 Å². The van der Waals surface area contributed by atoms with Crippen LogP contribution in [0, 0.1) is 0 Å². The average Bonchev–Trinajstić information content (AvgIpc) is 2.81. The number of anilines is 1. The van der Waals surface area contributed by atoms with E-state index in [2.05, 4.69) is 11.5 Å². The highest BCUT2D eigenvalue weighted by Gasteiger charge is 2.26. The minimum atomic E-state index is 0.0650. The molecule has 0 saturated carbocycles. The van der Waals surface area contributed by atoms with Crippen LogP contribution < -0.4 is 9.64 Å². The Morgan fingerprint density at radius 1 is 1.03 bits per heavy atom. The van der Waals surface area contributed by atoms with Crippen LogP contribution in [0.2, 0.25) is 0 Å². The maximum absolute atomic E-state index is 13.0. The van der Waals surface area contributed by atoms with Crippen molar-refractivity contribution in [2.75, 3.05) is 50.8 Å². The monoisotopic (exact) mass is 419 g/mol. The highest BCUT2D eigenvalue weighted by atomic mass is 16.5. The summed E-state index contributed by atoms with van der Waals surface area (Å²) in [5, 5.41) is 0. The second-order valence-corrected chi connectivity index (χ2v) is 7.93. The summed E-state index contributed by atoms with van der Waals surface area (Å²) < 4.78 is 5.78. The van der Waals surface area contributed by atoms with Crippen molar-refractivity contribution in [3.05, 3.63) is 72.3 Å². The van der Waals surface area contributed by atoms with Gasteiger partial charge in [0.2, 0.25) is 5.91 Å². The number of benzene rings is 2. The highest BCUT2D eigenvalue weighted by Crippen LogP contribution is 2.29. The lowest BCUT2D eigenvalue weighted by molar-refractivity contribution is -0.118. The topological polar surface area (TPSA) is 53.1 Å². The number of hydrogen-bond acceptors (Lipinski definition) is 4. The number of carbonyl (C=O) groups excluding carboxylic acids is 2. The fourth-order valence-corrected chi connectivity index (χ4v) is 4.19. The first kappa shape index (κ1) is 21.1. The van der Waals surface area contributed by atoms with Gasteiger partial charge in [0.15, 0.2) is 0 Å². The van der Waals surface area contributed by atoms with Crippen LogP contribution in [-0.4, -0.2) is 67.5 Å². The molecule has 1 saturated heterocycles. The number of fused-ring (bicyclic) bond motifs is 1. The van der Waals surface area contributed by atoms with Gasteiger partial charge in [-0.05, 0) is 42.3 Å². The van der Waals surface area contributed by atoms with Crippen LogP contribution in [0.4, 0.5) is 5.69 Å². The van der Waals surface area contributed by atoms with Gasteiger partial charge in [0, 0.05) is 56.9 Å². The van der Waals surface area contributed by atoms with E-state index in [1.165, 1.54) is 0 Å². The zero-order valence-corrected chi connectivity index (χ0v) is 17.8. The van der Waals surface area contributed by atoms with E-state index in [4.69, 9.17) is 4.74 Å². The molecule has 0 atom stereocenters. The predicted molar refractivity (Wildman–Crippen MR) is 122 cm³/mol. The van der Waals surface area contributed by atoms with E-state index in [0.717, 1.165) is 36.6 Å². The van der Waals surface area contributed by atoms with Gasteiger partial charge in [-0.15, -0.1) is 6.58 Å². The summed E-state index contributed by atoms with van der Waals surface area (Å²) in [5.41, 5.74) is 2.66. The van der Waals surface area contributed by atoms with Crippen molar-refractivity contribution in [2.45, 2.75) is 12.8 Å². The fourth-order valence-electron chi connectivity index (χ4n) is 4.19. The summed E-state index contributed by atoms with van der Waals surface area (Å²) in [6.45, 7) is 8.84. The zero-order chi connectivity index (χ0) is 21.6. The Hall–Kier alpha value is -3.12. The van der Waals surface area contributed by atoms with Crippen molar-refractivity contribution in [1.29, 1.82) is 0 Å². The zero-order valence-electron chi connectivity index (χ0n) is 17.8. The number of hydrogen-bond donors (Lipinski definition) is 0. The van der Waals surface area contributed by atoms with Gasteiger partial charge in [-0.2, -0.15) is 0 Å². The molecule has 6 nitrogen and oxygen atoms in total. The van der Waals surface area contributed by atoms with Crippen LogP contribution >= 0.6 is 0 Å². The largest absolute Gasteiger partial charge is 0.492 e. The first-order valence-electron chi connectivity index (χ1n) is 10.9. The maximum Gasteiger partial charge on any atom is 0.253 e. The van der Waals surface area contributed by atoms with Gasteiger partial charge >= 0.3 is 0 Å². The van der Waals surface area contributed by atoms with E-state index >= 15 is 0 Å². The molecule has 2 aliphatic rings. The van der Waals surface area contributed by atoms with E-state index in [9.17, 15) is 9.59 Å². The summed E-state index contributed by atoms with van der Waals surface area (Å²) in [6, 6.07) is 15.5. The van der Waals surface area contributed by atoms with E-state index < -0.39 is 0 Å². The standard InChI is InChI=1S/C25H29N3O3/c1-2-12-28-23-10-8-21(19-20(23)9-11-24(28)29)25(30)27-15-13-26(14-16-27)17-18-31-22-6-4-3-5-7-22/h2-8,10,19H,1,9,11-18H2. The molecule has 2 aromatic carbocycles. The Balaban J connectivity index is 1.30. The lowest BCUT2D eigenvalue weighted by Gasteiger charge is -2.35. The highest BCUT2D eigenvalue weighted by molar-refractivity contribution is 5.99. The van der Waals surface area contributed by atoms with Crippen molar-refractivity contribution < 1.29 is 14.3 Å². The van der Waals surface area contributed by atoms with Gasteiger partial charge < -0.3 is 14.5 Å². The summed E-state index contributed by atoms with van der Waals surface area (Å²) in [4.78, 5) is 31.2. The second-order valence-electron chi connectivity index (χ2n) is 7.93. The molecule has 0 aromatic heterocycles. The molecular formula is C25H29N3O3. The van der Waals surface area contributed by atoms with Gasteiger partial charge in [0.1, 0.15) is 12.4 Å². The molecule has 6 heteroatoms. The predicted octanol–water partition coefficient (Wildman–Crippen LogP) is 2.99. The van der Waals surface area contributed by atoms with E-state index in [-0.39, 0.29) is 11.8 Å². The third-order valence-electron chi connectivity index (χ3n) is 5.92. The fraction of sp³-hybridized carbons (Fsp3) is 0.360. The van der Waals surface area contributed by atoms with Gasteiger partial charge in [0.25, 0.3) is 5.91 Å².